The lowest BCUT2D eigenvalue weighted by molar-refractivity contribution is 0.629. The number of hydrazine groups is 1. The largest absolute Gasteiger partial charge is 0.271 e. The van der Waals surface area contributed by atoms with E-state index in [0.29, 0.717) is 0 Å². The molecule has 0 fully saturated rings. The number of pyridine rings is 1. The Morgan fingerprint density at radius 3 is 2.79 bits per heavy atom. The number of aryl methyl sites for hydroxylation is 2. The van der Waals surface area contributed by atoms with Gasteiger partial charge in [0.15, 0.2) is 0 Å². The molecule has 3 N–H and O–H groups in total. The van der Waals surface area contributed by atoms with E-state index in [0.717, 1.165) is 24.1 Å². The quantitative estimate of drug-likeness (QED) is 0.638. The predicted octanol–water partition coefficient (Wildman–Crippen LogP) is 2.90. The SMILES string of the molecule is CCCc1cccc(C(NN)c2cccnc2C)c1. The molecular formula is C16H21N3. The van der Waals surface area contributed by atoms with Crippen molar-refractivity contribution in [3.05, 3.63) is 65.0 Å². The first-order valence-electron chi connectivity index (χ1n) is 6.72. The number of hydrogen-bond acceptors (Lipinski definition) is 3. The van der Waals surface area contributed by atoms with Gasteiger partial charge in [-0.3, -0.25) is 10.8 Å². The van der Waals surface area contributed by atoms with Crippen LogP contribution in [0.2, 0.25) is 0 Å². The van der Waals surface area contributed by atoms with Crippen LogP contribution < -0.4 is 11.3 Å². The lowest BCUT2D eigenvalue weighted by Gasteiger charge is -2.19. The van der Waals surface area contributed by atoms with Crippen LogP contribution >= 0.6 is 0 Å². The third-order valence-electron chi connectivity index (χ3n) is 3.35. The second kappa shape index (κ2) is 6.45. The Bertz CT molecular complexity index is 537. The molecule has 1 unspecified atom stereocenters. The Kier molecular flexibility index (Phi) is 4.66. The lowest BCUT2D eigenvalue weighted by atomic mass is 9.96. The van der Waals surface area contributed by atoms with Crippen LogP contribution in [0.15, 0.2) is 42.6 Å². The van der Waals surface area contributed by atoms with Gasteiger partial charge in [-0.15, -0.1) is 0 Å². The van der Waals surface area contributed by atoms with Gasteiger partial charge in [0.1, 0.15) is 0 Å². The van der Waals surface area contributed by atoms with E-state index < -0.39 is 0 Å². The van der Waals surface area contributed by atoms with Crippen molar-refractivity contribution in [3.8, 4) is 0 Å². The Balaban J connectivity index is 2.37. The number of aromatic nitrogens is 1. The van der Waals surface area contributed by atoms with Gasteiger partial charge in [0.2, 0.25) is 0 Å². The van der Waals surface area contributed by atoms with Crippen LogP contribution in [-0.4, -0.2) is 4.98 Å². The smallest absolute Gasteiger partial charge is 0.0727 e. The molecule has 0 spiro atoms. The fourth-order valence-corrected chi connectivity index (χ4v) is 2.38. The maximum Gasteiger partial charge on any atom is 0.0727 e. The highest BCUT2D eigenvalue weighted by atomic mass is 15.2. The molecule has 0 saturated carbocycles. The second-order valence-corrected chi connectivity index (χ2v) is 4.77. The van der Waals surface area contributed by atoms with Crippen LogP contribution in [0.3, 0.4) is 0 Å². The van der Waals surface area contributed by atoms with E-state index in [1.807, 2.05) is 13.0 Å². The van der Waals surface area contributed by atoms with Gasteiger partial charge in [-0.1, -0.05) is 43.7 Å². The third-order valence-corrected chi connectivity index (χ3v) is 3.35. The van der Waals surface area contributed by atoms with E-state index in [2.05, 4.69) is 47.7 Å². The first-order chi connectivity index (χ1) is 9.26. The van der Waals surface area contributed by atoms with Crippen molar-refractivity contribution in [1.82, 2.24) is 10.4 Å². The first kappa shape index (κ1) is 13.7. The van der Waals surface area contributed by atoms with Crippen molar-refractivity contribution in [2.24, 2.45) is 5.84 Å². The molecule has 2 rings (SSSR count). The summed E-state index contributed by atoms with van der Waals surface area (Å²) >= 11 is 0. The molecule has 19 heavy (non-hydrogen) atoms. The van der Waals surface area contributed by atoms with Crippen LogP contribution in [0.1, 0.15) is 41.8 Å². The van der Waals surface area contributed by atoms with Gasteiger partial charge in [-0.2, -0.15) is 0 Å². The summed E-state index contributed by atoms with van der Waals surface area (Å²) in [5.74, 6) is 5.75. The number of nitrogens with two attached hydrogens (primary N) is 1. The summed E-state index contributed by atoms with van der Waals surface area (Å²) in [4.78, 5) is 4.34. The molecule has 3 heteroatoms. The predicted molar refractivity (Wildman–Crippen MR) is 78.6 cm³/mol. The van der Waals surface area contributed by atoms with Crippen molar-refractivity contribution in [2.45, 2.75) is 32.7 Å². The van der Waals surface area contributed by atoms with Gasteiger partial charge in [0.25, 0.3) is 0 Å². The average molecular weight is 255 g/mol. The summed E-state index contributed by atoms with van der Waals surface area (Å²) in [6.45, 7) is 4.20. The molecule has 100 valence electrons. The van der Waals surface area contributed by atoms with Gasteiger partial charge in [-0.05, 0) is 36.1 Å². The van der Waals surface area contributed by atoms with Gasteiger partial charge >= 0.3 is 0 Å². The van der Waals surface area contributed by atoms with Crippen LogP contribution in [-0.2, 0) is 6.42 Å². The molecule has 2 aromatic rings. The normalized spacial score (nSPS) is 12.4. The minimum absolute atomic E-state index is 0.00879. The van der Waals surface area contributed by atoms with Gasteiger partial charge < -0.3 is 0 Å². The summed E-state index contributed by atoms with van der Waals surface area (Å²) in [6.07, 6.45) is 4.05. The summed E-state index contributed by atoms with van der Waals surface area (Å²) in [7, 11) is 0. The zero-order valence-corrected chi connectivity index (χ0v) is 11.6. The minimum Gasteiger partial charge on any atom is -0.271 e. The fraction of sp³-hybridized carbons (Fsp3) is 0.312. The Hall–Kier alpha value is -1.71. The van der Waals surface area contributed by atoms with E-state index in [-0.39, 0.29) is 6.04 Å². The summed E-state index contributed by atoms with van der Waals surface area (Å²) < 4.78 is 0. The number of rotatable bonds is 5. The van der Waals surface area contributed by atoms with Crippen molar-refractivity contribution < 1.29 is 0 Å². The van der Waals surface area contributed by atoms with E-state index in [1.165, 1.54) is 11.1 Å². The van der Waals surface area contributed by atoms with E-state index >= 15 is 0 Å². The Morgan fingerprint density at radius 1 is 1.26 bits per heavy atom. The molecular weight excluding hydrogens is 234 g/mol. The highest BCUT2D eigenvalue weighted by Gasteiger charge is 2.15. The summed E-state index contributed by atoms with van der Waals surface area (Å²) in [5.41, 5.74) is 7.57. The van der Waals surface area contributed by atoms with Crippen molar-refractivity contribution in [3.63, 3.8) is 0 Å². The Labute approximate surface area is 114 Å². The third kappa shape index (κ3) is 3.19. The molecule has 0 radical (unpaired) electrons. The van der Waals surface area contributed by atoms with Crippen LogP contribution in [0.25, 0.3) is 0 Å². The number of hydrogen-bond donors (Lipinski definition) is 2. The second-order valence-electron chi connectivity index (χ2n) is 4.77. The van der Waals surface area contributed by atoms with Crippen LogP contribution in [0.4, 0.5) is 0 Å². The van der Waals surface area contributed by atoms with Gasteiger partial charge in [0, 0.05) is 11.9 Å². The molecule has 3 nitrogen and oxygen atoms in total. The maximum atomic E-state index is 5.75. The molecule has 1 atom stereocenters. The number of nitrogens with zero attached hydrogens (tertiary/aromatic N) is 1. The molecule has 1 aromatic heterocycles. The maximum absolute atomic E-state index is 5.75. The molecule has 1 aromatic carbocycles. The van der Waals surface area contributed by atoms with Gasteiger partial charge in [-0.25, -0.2) is 5.43 Å². The van der Waals surface area contributed by atoms with E-state index in [4.69, 9.17) is 5.84 Å². The number of nitrogens with one attached hydrogen (secondary N) is 1. The molecule has 0 bridgehead atoms. The van der Waals surface area contributed by atoms with Crippen molar-refractivity contribution in [1.29, 1.82) is 0 Å². The molecule has 0 aliphatic rings. The number of benzene rings is 1. The van der Waals surface area contributed by atoms with Crippen molar-refractivity contribution in [2.75, 3.05) is 0 Å². The van der Waals surface area contributed by atoms with Crippen molar-refractivity contribution >= 4 is 0 Å². The van der Waals surface area contributed by atoms with E-state index in [1.54, 1.807) is 6.20 Å². The molecule has 0 aliphatic heterocycles. The average Bonchev–Trinajstić information content (AvgIpc) is 2.43. The fourth-order valence-electron chi connectivity index (χ4n) is 2.38. The molecule has 0 saturated heterocycles. The molecule has 0 amide bonds. The monoisotopic (exact) mass is 255 g/mol. The molecule has 1 heterocycles. The van der Waals surface area contributed by atoms with E-state index in [9.17, 15) is 0 Å². The zero-order valence-electron chi connectivity index (χ0n) is 11.6. The lowest BCUT2D eigenvalue weighted by Crippen LogP contribution is -2.29. The Morgan fingerprint density at radius 2 is 2.11 bits per heavy atom. The minimum atomic E-state index is -0.00879. The topological polar surface area (TPSA) is 50.9 Å². The highest BCUT2D eigenvalue weighted by Crippen LogP contribution is 2.24. The van der Waals surface area contributed by atoms with Crippen LogP contribution in [0.5, 0.6) is 0 Å². The molecule has 0 aliphatic carbocycles. The van der Waals surface area contributed by atoms with Crippen LogP contribution in [0, 0.1) is 6.92 Å². The highest BCUT2D eigenvalue weighted by molar-refractivity contribution is 5.35. The summed E-state index contributed by atoms with van der Waals surface area (Å²) in [6, 6.07) is 12.6. The standard InChI is InChI=1S/C16H21N3/c1-3-6-13-7-4-8-14(11-13)16(19-17)15-9-5-10-18-12(15)2/h4-5,7-11,16,19H,3,6,17H2,1-2H3. The van der Waals surface area contributed by atoms with Gasteiger partial charge in [0.05, 0.1) is 6.04 Å². The first-order valence-corrected chi connectivity index (χ1v) is 6.72. The summed E-state index contributed by atoms with van der Waals surface area (Å²) in [5, 5.41) is 0. The zero-order chi connectivity index (χ0) is 13.7.